The number of aryl methyl sites for hydroxylation is 1. The first-order valence-electron chi connectivity index (χ1n) is 9.09. The quantitative estimate of drug-likeness (QED) is 0.504. The van der Waals surface area contributed by atoms with Gasteiger partial charge in [0.05, 0.1) is 18.4 Å². The van der Waals surface area contributed by atoms with Crippen molar-refractivity contribution in [1.29, 1.82) is 0 Å². The molecule has 144 valence electrons. The van der Waals surface area contributed by atoms with Crippen LogP contribution in [-0.4, -0.2) is 17.2 Å². The number of amides is 1. The van der Waals surface area contributed by atoms with E-state index in [0.29, 0.717) is 28.4 Å². The number of thiophene rings is 1. The Labute approximate surface area is 175 Å². The molecule has 0 atom stereocenters. The van der Waals surface area contributed by atoms with E-state index in [-0.39, 0.29) is 11.7 Å². The van der Waals surface area contributed by atoms with Crippen molar-refractivity contribution in [2.45, 2.75) is 32.2 Å². The third-order valence-corrected chi connectivity index (χ3v) is 6.39. The molecule has 0 radical (unpaired) electrons. The van der Waals surface area contributed by atoms with Crippen LogP contribution in [0.15, 0.2) is 50.5 Å². The van der Waals surface area contributed by atoms with Crippen molar-refractivity contribution in [3.63, 3.8) is 0 Å². The van der Waals surface area contributed by atoms with E-state index in [2.05, 4.69) is 26.2 Å². The number of fused-ring (bicyclic) bond motifs is 1. The molecule has 0 saturated carbocycles. The van der Waals surface area contributed by atoms with Gasteiger partial charge in [0.2, 0.25) is 0 Å². The summed E-state index contributed by atoms with van der Waals surface area (Å²) in [5, 5.41) is 13.7. The van der Waals surface area contributed by atoms with E-state index >= 15 is 0 Å². The van der Waals surface area contributed by atoms with Gasteiger partial charge in [0, 0.05) is 21.1 Å². The van der Waals surface area contributed by atoms with Gasteiger partial charge in [-0.05, 0) is 61.6 Å². The van der Waals surface area contributed by atoms with Crippen molar-refractivity contribution in [3.8, 4) is 5.75 Å². The Hall–Kier alpha value is -2.38. The average Bonchev–Trinajstić information content (AvgIpc) is 3.34. The molecule has 3 aromatic rings. The van der Waals surface area contributed by atoms with Crippen molar-refractivity contribution in [1.82, 2.24) is 5.32 Å². The smallest absolute Gasteiger partial charge is 0.255 e. The van der Waals surface area contributed by atoms with Crippen LogP contribution in [-0.2, 0) is 19.4 Å². The van der Waals surface area contributed by atoms with E-state index in [4.69, 9.17) is 4.42 Å². The zero-order valence-electron chi connectivity index (χ0n) is 15.1. The Morgan fingerprint density at radius 2 is 2.18 bits per heavy atom. The molecule has 28 heavy (non-hydrogen) atoms. The van der Waals surface area contributed by atoms with Crippen molar-refractivity contribution < 1.29 is 14.3 Å². The summed E-state index contributed by atoms with van der Waals surface area (Å²) in [7, 11) is 0. The maximum Gasteiger partial charge on any atom is 0.255 e. The molecule has 2 aromatic heterocycles. The summed E-state index contributed by atoms with van der Waals surface area (Å²) in [5.41, 5.74) is 2.36. The number of carbonyl (C=O) groups is 1. The van der Waals surface area contributed by atoms with Crippen molar-refractivity contribution in [2.24, 2.45) is 4.99 Å². The second-order valence-corrected chi connectivity index (χ2v) is 8.61. The molecular weight excluding hydrogens is 440 g/mol. The molecule has 2 N–H and O–H groups in total. The molecule has 2 heterocycles. The van der Waals surface area contributed by atoms with Gasteiger partial charge in [0.25, 0.3) is 5.91 Å². The van der Waals surface area contributed by atoms with Gasteiger partial charge in [-0.3, -0.25) is 4.79 Å². The van der Waals surface area contributed by atoms with Gasteiger partial charge in [0.1, 0.15) is 16.5 Å². The molecular formula is C21H19BrN2O3S. The fourth-order valence-electron chi connectivity index (χ4n) is 3.30. The van der Waals surface area contributed by atoms with Gasteiger partial charge in [0.15, 0.2) is 0 Å². The molecule has 4 rings (SSSR count). The highest BCUT2D eigenvalue weighted by Gasteiger charge is 2.25. The Morgan fingerprint density at radius 1 is 1.32 bits per heavy atom. The standard InChI is InChI=1S/C21H19BrN2O3S/c22-14-7-8-17(25)13(10-14)11-24-21-19(16-5-1-2-6-18(16)28-21)20(26)23-12-15-4-3-9-27-15/h3-4,7-11,25H,1-2,5-6,12H2,(H,23,26). The molecule has 1 aliphatic rings. The number of hydrogen-bond donors (Lipinski definition) is 2. The number of hydrogen-bond acceptors (Lipinski definition) is 5. The minimum atomic E-state index is -0.138. The summed E-state index contributed by atoms with van der Waals surface area (Å²) >= 11 is 4.97. The Bertz CT molecular complexity index is 1020. The third kappa shape index (κ3) is 4.05. The van der Waals surface area contributed by atoms with Gasteiger partial charge >= 0.3 is 0 Å². The van der Waals surface area contributed by atoms with Crippen LogP contribution >= 0.6 is 27.3 Å². The zero-order valence-corrected chi connectivity index (χ0v) is 17.5. The van der Waals surface area contributed by atoms with E-state index in [1.54, 1.807) is 48.1 Å². The molecule has 0 saturated heterocycles. The number of furan rings is 1. The summed E-state index contributed by atoms with van der Waals surface area (Å²) < 4.78 is 6.16. The molecule has 7 heteroatoms. The number of aliphatic imine (C=N–C) groups is 1. The molecule has 0 unspecified atom stereocenters. The highest BCUT2D eigenvalue weighted by Crippen LogP contribution is 2.40. The van der Waals surface area contributed by atoms with E-state index < -0.39 is 0 Å². The van der Waals surface area contributed by atoms with Crippen LogP contribution < -0.4 is 5.32 Å². The van der Waals surface area contributed by atoms with Crippen LogP contribution in [0.5, 0.6) is 5.75 Å². The predicted molar refractivity (Wildman–Crippen MR) is 114 cm³/mol. The van der Waals surface area contributed by atoms with Crippen LogP contribution in [0.4, 0.5) is 5.00 Å². The Balaban J connectivity index is 1.64. The summed E-state index contributed by atoms with van der Waals surface area (Å²) in [6, 6.07) is 8.81. The number of benzene rings is 1. The van der Waals surface area contributed by atoms with E-state index in [0.717, 1.165) is 35.7 Å². The van der Waals surface area contributed by atoms with Crippen molar-refractivity contribution >= 4 is 44.4 Å². The fraction of sp³-hybridized carbons (Fsp3) is 0.238. The van der Waals surface area contributed by atoms with E-state index in [9.17, 15) is 9.90 Å². The van der Waals surface area contributed by atoms with Gasteiger partial charge in [-0.15, -0.1) is 11.3 Å². The topological polar surface area (TPSA) is 74.8 Å². The Morgan fingerprint density at radius 3 is 3.00 bits per heavy atom. The van der Waals surface area contributed by atoms with E-state index in [1.165, 1.54) is 4.88 Å². The summed E-state index contributed by atoms with van der Waals surface area (Å²) in [6.07, 6.45) is 7.30. The molecule has 1 amide bonds. The number of rotatable bonds is 5. The molecule has 0 bridgehead atoms. The maximum atomic E-state index is 12.9. The SMILES string of the molecule is O=C(NCc1ccco1)c1c(N=Cc2cc(Br)ccc2O)sc2c1CCCC2. The highest BCUT2D eigenvalue weighted by atomic mass is 79.9. The molecule has 0 aliphatic heterocycles. The molecule has 1 aromatic carbocycles. The minimum Gasteiger partial charge on any atom is -0.507 e. The second kappa shape index (κ2) is 8.32. The summed E-state index contributed by atoms with van der Waals surface area (Å²) in [4.78, 5) is 18.8. The number of carbonyl (C=O) groups excluding carboxylic acids is 1. The van der Waals surface area contributed by atoms with Gasteiger partial charge < -0.3 is 14.8 Å². The lowest BCUT2D eigenvalue weighted by molar-refractivity contribution is 0.0948. The number of phenols is 1. The maximum absolute atomic E-state index is 12.9. The molecule has 0 spiro atoms. The first kappa shape index (κ1) is 19.0. The molecule has 0 fully saturated rings. The number of nitrogens with one attached hydrogen (secondary N) is 1. The minimum absolute atomic E-state index is 0.138. The van der Waals surface area contributed by atoms with Gasteiger partial charge in [-0.2, -0.15) is 0 Å². The number of phenolic OH excluding ortho intramolecular Hbond substituents is 1. The second-order valence-electron chi connectivity index (χ2n) is 6.61. The number of nitrogens with zero attached hydrogens (tertiary/aromatic N) is 1. The lowest BCUT2D eigenvalue weighted by Crippen LogP contribution is -2.23. The number of aromatic hydroxyl groups is 1. The van der Waals surface area contributed by atoms with E-state index in [1.807, 2.05) is 6.07 Å². The number of halogens is 1. The van der Waals surface area contributed by atoms with Gasteiger partial charge in [-0.1, -0.05) is 15.9 Å². The normalized spacial score (nSPS) is 13.6. The Kier molecular flexibility index (Phi) is 5.64. The fourth-order valence-corrected chi connectivity index (χ4v) is 4.91. The highest BCUT2D eigenvalue weighted by molar-refractivity contribution is 9.10. The summed E-state index contributed by atoms with van der Waals surface area (Å²) in [6.45, 7) is 0.339. The monoisotopic (exact) mass is 458 g/mol. The first-order valence-corrected chi connectivity index (χ1v) is 10.7. The van der Waals surface area contributed by atoms with Crippen LogP contribution in [0.3, 0.4) is 0 Å². The molecule has 1 aliphatic carbocycles. The van der Waals surface area contributed by atoms with Crippen molar-refractivity contribution in [3.05, 3.63) is 68.4 Å². The van der Waals surface area contributed by atoms with Gasteiger partial charge in [-0.25, -0.2) is 4.99 Å². The average molecular weight is 459 g/mol. The third-order valence-electron chi connectivity index (χ3n) is 4.69. The zero-order chi connectivity index (χ0) is 19.5. The van der Waals surface area contributed by atoms with Crippen LogP contribution in [0.25, 0.3) is 0 Å². The lowest BCUT2D eigenvalue weighted by Gasteiger charge is -2.12. The predicted octanol–water partition coefficient (Wildman–Crippen LogP) is 5.37. The summed E-state index contributed by atoms with van der Waals surface area (Å²) in [5.74, 6) is 0.722. The van der Waals surface area contributed by atoms with Crippen LogP contribution in [0.2, 0.25) is 0 Å². The molecule has 5 nitrogen and oxygen atoms in total. The first-order chi connectivity index (χ1) is 13.6. The lowest BCUT2D eigenvalue weighted by atomic mass is 9.95. The van der Waals surface area contributed by atoms with Crippen LogP contribution in [0, 0.1) is 0 Å². The largest absolute Gasteiger partial charge is 0.507 e. The van der Waals surface area contributed by atoms with Crippen molar-refractivity contribution in [2.75, 3.05) is 0 Å². The van der Waals surface area contributed by atoms with Crippen LogP contribution in [0.1, 0.15) is 45.0 Å².